The molecule has 4 aromatic rings. The number of carbonyl (C=O) groups excluding carboxylic acids is 1. The lowest BCUT2D eigenvalue weighted by molar-refractivity contribution is -0.121. The van der Waals surface area contributed by atoms with E-state index in [1.165, 1.54) is 20.3 Å². The summed E-state index contributed by atoms with van der Waals surface area (Å²) in [6.07, 6.45) is 0.0327. The number of rotatable bonds is 8. The summed E-state index contributed by atoms with van der Waals surface area (Å²) < 4.78 is 31.0. The lowest BCUT2D eigenvalue weighted by Crippen LogP contribution is -2.31. The van der Waals surface area contributed by atoms with Crippen LogP contribution >= 0.6 is 0 Å². The second kappa shape index (κ2) is 9.95. The van der Waals surface area contributed by atoms with Crippen LogP contribution in [0.15, 0.2) is 77.2 Å². The number of ether oxygens (including phenoxy) is 2. The second-order valence-electron chi connectivity index (χ2n) is 7.20. The minimum Gasteiger partial charge on any atom is -0.493 e. The molecule has 0 spiro atoms. The zero-order valence-electron chi connectivity index (χ0n) is 18.1. The van der Waals surface area contributed by atoms with Gasteiger partial charge in [-0.25, -0.2) is 4.39 Å². The quantitative estimate of drug-likeness (QED) is 0.432. The Bertz CT molecular complexity index is 1240. The molecule has 0 radical (unpaired) electrons. The normalized spacial score (nSPS) is 11.6. The van der Waals surface area contributed by atoms with Crippen LogP contribution in [-0.2, 0) is 11.2 Å². The average molecular weight is 447 g/mol. The Hall–Kier alpha value is -4.20. The van der Waals surface area contributed by atoms with E-state index in [0.29, 0.717) is 17.1 Å². The van der Waals surface area contributed by atoms with Gasteiger partial charge in [0.05, 0.1) is 20.6 Å². The number of hydrogen-bond acceptors (Lipinski definition) is 6. The highest BCUT2D eigenvalue weighted by Crippen LogP contribution is 2.29. The van der Waals surface area contributed by atoms with Crippen LogP contribution in [0.3, 0.4) is 0 Å². The van der Waals surface area contributed by atoms with Crippen LogP contribution in [0.5, 0.6) is 11.5 Å². The van der Waals surface area contributed by atoms with Gasteiger partial charge in [-0.2, -0.15) is 0 Å². The summed E-state index contributed by atoms with van der Waals surface area (Å²) in [4.78, 5) is 12.9. The first kappa shape index (κ1) is 22.0. The zero-order valence-corrected chi connectivity index (χ0v) is 18.1. The van der Waals surface area contributed by atoms with Crippen molar-refractivity contribution in [2.45, 2.75) is 12.5 Å². The molecule has 0 bridgehead atoms. The summed E-state index contributed by atoms with van der Waals surface area (Å²) in [7, 11) is 3.06. The van der Waals surface area contributed by atoms with Crippen molar-refractivity contribution in [3.63, 3.8) is 0 Å². The molecule has 1 aromatic heterocycles. The van der Waals surface area contributed by atoms with E-state index in [9.17, 15) is 9.18 Å². The summed E-state index contributed by atoms with van der Waals surface area (Å²) in [5.74, 6) is 0.590. The Morgan fingerprint density at radius 1 is 0.970 bits per heavy atom. The monoisotopic (exact) mass is 447 g/mol. The van der Waals surface area contributed by atoms with Crippen molar-refractivity contribution < 1.29 is 23.1 Å². The van der Waals surface area contributed by atoms with E-state index in [4.69, 9.17) is 13.9 Å². The number of carbonyl (C=O) groups is 1. The third kappa shape index (κ3) is 5.01. The lowest BCUT2D eigenvalue weighted by Gasteiger charge is -2.17. The van der Waals surface area contributed by atoms with E-state index in [2.05, 4.69) is 15.5 Å². The Morgan fingerprint density at radius 3 is 2.42 bits per heavy atom. The molecular weight excluding hydrogens is 425 g/mol. The number of hydrogen-bond donors (Lipinski definition) is 1. The van der Waals surface area contributed by atoms with E-state index in [0.717, 1.165) is 5.56 Å². The highest BCUT2D eigenvalue weighted by Gasteiger charge is 2.26. The number of benzene rings is 3. The summed E-state index contributed by atoms with van der Waals surface area (Å²) >= 11 is 0. The molecule has 0 aliphatic carbocycles. The van der Waals surface area contributed by atoms with Gasteiger partial charge in [0.2, 0.25) is 17.7 Å². The first-order chi connectivity index (χ1) is 16.1. The summed E-state index contributed by atoms with van der Waals surface area (Å²) in [5.41, 5.74) is 1.65. The van der Waals surface area contributed by atoms with Crippen molar-refractivity contribution in [2.75, 3.05) is 14.2 Å². The summed E-state index contributed by atoms with van der Waals surface area (Å²) in [5, 5.41) is 11.0. The van der Waals surface area contributed by atoms with Crippen molar-refractivity contribution in [3.8, 4) is 23.0 Å². The molecule has 0 saturated heterocycles. The van der Waals surface area contributed by atoms with Crippen LogP contribution in [0.4, 0.5) is 4.39 Å². The van der Waals surface area contributed by atoms with Crippen molar-refractivity contribution in [1.82, 2.24) is 15.5 Å². The molecule has 1 amide bonds. The van der Waals surface area contributed by atoms with Gasteiger partial charge in [0.25, 0.3) is 0 Å². The van der Waals surface area contributed by atoms with E-state index in [1.807, 2.05) is 30.3 Å². The van der Waals surface area contributed by atoms with Gasteiger partial charge in [-0.15, -0.1) is 10.2 Å². The third-order valence-corrected chi connectivity index (χ3v) is 5.04. The first-order valence-electron chi connectivity index (χ1n) is 10.2. The van der Waals surface area contributed by atoms with Gasteiger partial charge in [-0.1, -0.05) is 42.5 Å². The minimum absolute atomic E-state index is 0.0327. The SMILES string of the molecule is COc1ccc(CC(=O)N[C@@H](c2nnc(-c3ccccc3)o2)c2ccccc2F)cc1OC. The van der Waals surface area contributed by atoms with Crippen LogP contribution < -0.4 is 14.8 Å². The summed E-state index contributed by atoms with van der Waals surface area (Å²) in [6.45, 7) is 0. The van der Waals surface area contributed by atoms with Crippen molar-refractivity contribution in [3.05, 3.63) is 95.6 Å². The highest BCUT2D eigenvalue weighted by atomic mass is 19.1. The molecule has 168 valence electrons. The third-order valence-electron chi connectivity index (χ3n) is 5.04. The molecule has 1 atom stereocenters. The fraction of sp³-hybridized carbons (Fsp3) is 0.160. The molecule has 8 heteroatoms. The number of amides is 1. The molecule has 3 aromatic carbocycles. The largest absolute Gasteiger partial charge is 0.493 e. The molecule has 33 heavy (non-hydrogen) atoms. The van der Waals surface area contributed by atoms with Crippen LogP contribution in [-0.4, -0.2) is 30.3 Å². The van der Waals surface area contributed by atoms with Crippen LogP contribution in [0.25, 0.3) is 11.5 Å². The van der Waals surface area contributed by atoms with Gasteiger partial charge >= 0.3 is 0 Å². The van der Waals surface area contributed by atoms with Gasteiger partial charge in [0.15, 0.2) is 11.5 Å². The molecule has 0 saturated carbocycles. The van der Waals surface area contributed by atoms with Gasteiger partial charge in [0, 0.05) is 11.1 Å². The Morgan fingerprint density at radius 2 is 1.70 bits per heavy atom. The van der Waals surface area contributed by atoms with Crippen LogP contribution in [0.1, 0.15) is 23.1 Å². The minimum atomic E-state index is -0.955. The smallest absolute Gasteiger partial charge is 0.247 e. The topological polar surface area (TPSA) is 86.5 Å². The Kier molecular flexibility index (Phi) is 6.64. The Labute approximate surface area is 190 Å². The number of nitrogens with zero attached hydrogens (tertiary/aromatic N) is 2. The van der Waals surface area contributed by atoms with Gasteiger partial charge < -0.3 is 19.2 Å². The molecule has 1 N–H and O–H groups in total. The molecule has 0 aliphatic rings. The highest BCUT2D eigenvalue weighted by molar-refractivity contribution is 5.79. The van der Waals surface area contributed by atoms with E-state index >= 15 is 0 Å². The molecule has 0 aliphatic heterocycles. The fourth-order valence-corrected chi connectivity index (χ4v) is 3.42. The number of nitrogens with one attached hydrogen (secondary N) is 1. The number of halogens is 1. The predicted octanol–water partition coefficient (Wildman–Crippen LogP) is 4.34. The van der Waals surface area contributed by atoms with Gasteiger partial charge in [-0.3, -0.25) is 4.79 Å². The molecule has 0 unspecified atom stereocenters. The average Bonchev–Trinajstić information content (AvgIpc) is 3.34. The maximum absolute atomic E-state index is 14.6. The molecule has 7 nitrogen and oxygen atoms in total. The molecule has 1 heterocycles. The van der Waals surface area contributed by atoms with Crippen molar-refractivity contribution >= 4 is 5.91 Å². The Balaban J connectivity index is 1.61. The van der Waals surface area contributed by atoms with E-state index in [-0.39, 0.29) is 29.7 Å². The maximum atomic E-state index is 14.6. The van der Waals surface area contributed by atoms with Crippen molar-refractivity contribution in [2.24, 2.45) is 0 Å². The lowest BCUT2D eigenvalue weighted by atomic mass is 10.0. The van der Waals surface area contributed by atoms with Crippen molar-refractivity contribution in [1.29, 1.82) is 0 Å². The zero-order chi connectivity index (χ0) is 23.2. The second-order valence-corrected chi connectivity index (χ2v) is 7.20. The number of methoxy groups -OCH3 is 2. The van der Waals surface area contributed by atoms with Gasteiger partial charge in [0.1, 0.15) is 11.9 Å². The van der Waals surface area contributed by atoms with E-state index < -0.39 is 11.9 Å². The summed E-state index contributed by atoms with van der Waals surface area (Å²) in [6, 6.07) is 19.6. The molecule has 0 fully saturated rings. The maximum Gasteiger partial charge on any atom is 0.247 e. The molecule has 4 rings (SSSR count). The standard InChI is InChI=1S/C25H22FN3O4/c1-31-20-13-12-16(14-21(20)32-2)15-22(30)27-23(18-10-6-7-11-19(18)26)25-29-28-24(33-25)17-8-4-3-5-9-17/h3-14,23H,15H2,1-2H3,(H,27,30)/t23-/m1/s1. The fourth-order valence-electron chi connectivity index (χ4n) is 3.42. The molecular formula is C25H22FN3O4. The van der Waals surface area contributed by atoms with Crippen LogP contribution in [0.2, 0.25) is 0 Å². The van der Waals surface area contributed by atoms with E-state index in [1.54, 1.807) is 36.4 Å². The van der Waals surface area contributed by atoms with Gasteiger partial charge in [-0.05, 0) is 35.9 Å². The first-order valence-corrected chi connectivity index (χ1v) is 10.2. The number of aromatic nitrogens is 2. The van der Waals surface area contributed by atoms with Crippen LogP contribution in [0, 0.1) is 5.82 Å². The predicted molar refractivity (Wildman–Crippen MR) is 119 cm³/mol.